The molecule has 1 saturated heterocycles. The van der Waals surface area contributed by atoms with Crippen molar-refractivity contribution in [3.63, 3.8) is 0 Å². The minimum Gasteiger partial charge on any atom is -0.315 e. The predicted molar refractivity (Wildman–Crippen MR) is 78.9 cm³/mol. The molecule has 1 N–H and O–H groups in total. The monoisotopic (exact) mass is 252 g/mol. The van der Waals surface area contributed by atoms with Crippen LogP contribution >= 0.6 is 0 Å². The maximum absolute atomic E-state index is 3.60. The molecule has 0 amide bonds. The van der Waals surface area contributed by atoms with Crippen molar-refractivity contribution in [3.8, 4) is 0 Å². The highest BCUT2D eigenvalue weighted by Gasteiger charge is 2.26. The fraction of sp³-hybridized carbons (Fsp3) is 1.00. The van der Waals surface area contributed by atoms with Crippen LogP contribution < -0.4 is 5.32 Å². The van der Waals surface area contributed by atoms with Crippen molar-refractivity contribution in [2.45, 2.75) is 64.3 Å². The summed E-state index contributed by atoms with van der Waals surface area (Å²) < 4.78 is 0. The molecule has 2 aliphatic rings. The normalized spacial score (nSPS) is 29.3. The van der Waals surface area contributed by atoms with Gasteiger partial charge in [0, 0.05) is 12.6 Å². The molecule has 2 unspecified atom stereocenters. The number of likely N-dealkylation sites (N-methyl/N-ethyl adjacent to an activating group) is 1. The van der Waals surface area contributed by atoms with Crippen molar-refractivity contribution in [3.05, 3.63) is 0 Å². The summed E-state index contributed by atoms with van der Waals surface area (Å²) in [6.45, 7) is 6.32. The Kier molecular flexibility index (Phi) is 5.97. The molecule has 1 saturated carbocycles. The van der Waals surface area contributed by atoms with E-state index in [9.17, 15) is 0 Å². The Hall–Kier alpha value is -0.0800. The van der Waals surface area contributed by atoms with Crippen LogP contribution in [0.15, 0.2) is 0 Å². The Labute approximate surface area is 114 Å². The summed E-state index contributed by atoms with van der Waals surface area (Å²) in [6.07, 6.45) is 11.5. The highest BCUT2D eigenvalue weighted by Crippen LogP contribution is 2.28. The zero-order chi connectivity index (χ0) is 12.8. The number of likely N-dealkylation sites (tertiary alicyclic amines) is 1. The standard InChI is InChI=1S/C16H32N2/c1-3-14-7-6-11-18(12-10-14)13-16(17-2)15-8-4-5-9-15/h14-17H,3-13H2,1-2H3. The largest absolute Gasteiger partial charge is 0.315 e. The molecule has 0 aromatic heterocycles. The van der Waals surface area contributed by atoms with E-state index in [1.807, 2.05) is 0 Å². The van der Waals surface area contributed by atoms with Crippen LogP contribution in [0.3, 0.4) is 0 Å². The van der Waals surface area contributed by atoms with Crippen LogP contribution in [0.4, 0.5) is 0 Å². The summed E-state index contributed by atoms with van der Waals surface area (Å²) in [5.74, 6) is 1.94. The molecule has 2 rings (SSSR count). The van der Waals surface area contributed by atoms with Crippen LogP contribution in [0.25, 0.3) is 0 Å². The highest BCUT2D eigenvalue weighted by atomic mass is 15.1. The van der Waals surface area contributed by atoms with Gasteiger partial charge in [-0.05, 0) is 64.1 Å². The highest BCUT2D eigenvalue weighted by molar-refractivity contribution is 4.83. The SMILES string of the molecule is CCC1CCCN(CC(NC)C2CCCC2)CC1. The first kappa shape index (κ1) is 14.3. The van der Waals surface area contributed by atoms with Crippen molar-refractivity contribution in [1.29, 1.82) is 0 Å². The molecule has 0 bridgehead atoms. The molecule has 1 aliphatic heterocycles. The van der Waals surface area contributed by atoms with Gasteiger partial charge in [-0.2, -0.15) is 0 Å². The molecule has 18 heavy (non-hydrogen) atoms. The van der Waals surface area contributed by atoms with Crippen LogP contribution in [0.5, 0.6) is 0 Å². The van der Waals surface area contributed by atoms with Crippen LogP contribution in [0, 0.1) is 11.8 Å². The number of hydrogen-bond acceptors (Lipinski definition) is 2. The molecular weight excluding hydrogens is 220 g/mol. The molecule has 2 nitrogen and oxygen atoms in total. The van der Waals surface area contributed by atoms with Gasteiger partial charge in [0.15, 0.2) is 0 Å². The summed E-state index contributed by atoms with van der Waals surface area (Å²) >= 11 is 0. The molecule has 2 atom stereocenters. The summed E-state index contributed by atoms with van der Waals surface area (Å²) in [6, 6.07) is 0.741. The first-order valence-electron chi connectivity index (χ1n) is 8.23. The van der Waals surface area contributed by atoms with Crippen LogP contribution in [0.1, 0.15) is 58.3 Å². The van der Waals surface area contributed by atoms with Crippen LogP contribution in [-0.4, -0.2) is 37.6 Å². The van der Waals surface area contributed by atoms with Gasteiger partial charge in [-0.25, -0.2) is 0 Å². The van der Waals surface area contributed by atoms with Gasteiger partial charge in [-0.3, -0.25) is 0 Å². The number of nitrogens with one attached hydrogen (secondary N) is 1. The van der Waals surface area contributed by atoms with E-state index in [0.29, 0.717) is 0 Å². The lowest BCUT2D eigenvalue weighted by Gasteiger charge is -2.30. The van der Waals surface area contributed by atoms with E-state index >= 15 is 0 Å². The second-order valence-corrected chi connectivity index (χ2v) is 6.45. The van der Waals surface area contributed by atoms with Gasteiger partial charge in [0.25, 0.3) is 0 Å². The van der Waals surface area contributed by atoms with E-state index in [0.717, 1.165) is 17.9 Å². The van der Waals surface area contributed by atoms with Gasteiger partial charge >= 0.3 is 0 Å². The van der Waals surface area contributed by atoms with E-state index in [1.165, 1.54) is 71.0 Å². The third-order valence-electron chi connectivity index (χ3n) is 5.31. The molecule has 1 heterocycles. The summed E-state index contributed by atoms with van der Waals surface area (Å²) in [5, 5.41) is 3.60. The zero-order valence-electron chi connectivity index (χ0n) is 12.5. The molecule has 0 spiro atoms. The average Bonchev–Trinajstić information content (AvgIpc) is 2.83. The van der Waals surface area contributed by atoms with E-state index < -0.39 is 0 Å². The molecule has 2 fully saturated rings. The first-order chi connectivity index (χ1) is 8.83. The molecule has 106 valence electrons. The van der Waals surface area contributed by atoms with Crippen molar-refractivity contribution < 1.29 is 0 Å². The lowest BCUT2D eigenvalue weighted by Crippen LogP contribution is -2.43. The maximum atomic E-state index is 3.60. The number of nitrogens with zero attached hydrogens (tertiary/aromatic N) is 1. The molecule has 0 aromatic carbocycles. The van der Waals surface area contributed by atoms with Gasteiger partial charge in [-0.15, -0.1) is 0 Å². The molecule has 2 heteroatoms. The van der Waals surface area contributed by atoms with Gasteiger partial charge in [0.1, 0.15) is 0 Å². The second kappa shape index (κ2) is 7.49. The summed E-state index contributed by atoms with van der Waals surface area (Å²) in [7, 11) is 2.16. The third-order valence-corrected chi connectivity index (χ3v) is 5.31. The van der Waals surface area contributed by atoms with Crippen molar-refractivity contribution in [2.75, 3.05) is 26.7 Å². The van der Waals surface area contributed by atoms with Gasteiger partial charge in [-0.1, -0.05) is 26.2 Å². The molecular formula is C16H32N2. The smallest absolute Gasteiger partial charge is 0.0220 e. The Balaban J connectivity index is 1.79. The lowest BCUT2D eigenvalue weighted by molar-refractivity contribution is 0.217. The summed E-state index contributed by atoms with van der Waals surface area (Å²) in [5.41, 5.74) is 0. The topological polar surface area (TPSA) is 15.3 Å². The Morgan fingerprint density at radius 3 is 2.50 bits per heavy atom. The summed E-state index contributed by atoms with van der Waals surface area (Å²) in [4.78, 5) is 2.73. The molecule has 0 aromatic rings. The fourth-order valence-electron chi connectivity index (χ4n) is 3.93. The van der Waals surface area contributed by atoms with Crippen molar-refractivity contribution in [2.24, 2.45) is 11.8 Å². The third kappa shape index (κ3) is 3.96. The zero-order valence-corrected chi connectivity index (χ0v) is 12.5. The molecule has 1 aliphatic carbocycles. The van der Waals surface area contributed by atoms with E-state index in [2.05, 4.69) is 24.2 Å². The number of rotatable bonds is 5. The second-order valence-electron chi connectivity index (χ2n) is 6.45. The van der Waals surface area contributed by atoms with Crippen LogP contribution in [0.2, 0.25) is 0 Å². The average molecular weight is 252 g/mol. The van der Waals surface area contributed by atoms with Crippen LogP contribution in [-0.2, 0) is 0 Å². The van der Waals surface area contributed by atoms with Crippen molar-refractivity contribution >= 4 is 0 Å². The van der Waals surface area contributed by atoms with Crippen molar-refractivity contribution in [1.82, 2.24) is 10.2 Å². The van der Waals surface area contributed by atoms with Gasteiger partial charge in [0.05, 0.1) is 0 Å². The Morgan fingerprint density at radius 2 is 1.83 bits per heavy atom. The predicted octanol–water partition coefficient (Wildman–Crippen LogP) is 3.28. The first-order valence-corrected chi connectivity index (χ1v) is 8.23. The van der Waals surface area contributed by atoms with E-state index in [4.69, 9.17) is 0 Å². The fourth-order valence-corrected chi connectivity index (χ4v) is 3.93. The van der Waals surface area contributed by atoms with E-state index in [-0.39, 0.29) is 0 Å². The lowest BCUT2D eigenvalue weighted by atomic mass is 9.97. The van der Waals surface area contributed by atoms with E-state index in [1.54, 1.807) is 0 Å². The molecule has 0 radical (unpaired) electrons. The number of hydrogen-bond donors (Lipinski definition) is 1. The maximum Gasteiger partial charge on any atom is 0.0220 e. The minimum atomic E-state index is 0.741. The Morgan fingerprint density at radius 1 is 1.06 bits per heavy atom. The Bertz CT molecular complexity index is 223. The minimum absolute atomic E-state index is 0.741. The quantitative estimate of drug-likeness (QED) is 0.808. The van der Waals surface area contributed by atoms with Gasteiger partial charge < -0.3 is 10.2 Å². The van der Waals surface area contributed by atoms with Gasteiger partial charge in [0.2, 0.25) is 0 Å².